The first-order valence-electron chi connectivity index (χ1n) is 23.5. The number of hydrogen-bond donors (Lipinski definition) is 6. The zero-order valence-corrected chi connectivity index (χ0v) is 39.2. The van der Waals surface area contributed by atoms with E-state index < -0.39 is 109 Å². The van der Waals surface area contributed by atoms with Gasteiger partial charge in [0.1, 0.15) is 37.3 Å². The third-order valence-electron chi connectivity index (χ3n) is 13.7. The number of aromatic nitrogens is 2. The van der Waals surface area contributed by atoms with E-state index in [9.17, 15) is 47.9 Å². The Kier molecular flexibility index (Phi) is 13.5. The molecule has 6 N–H and O–H groups in total. The lowest BCUT2D eigenvalue weighted by atomic mass is 9.81. The third kappa shape index (κ3) is 9.68. The normalized spacial score (nSPS) is 18.0. The van der Waals surface area contributed by atoms with Gasteiger partial charge in [-0.15, -0.1) is 0 Å². The van der Waals surface area contributed by atoms with E-state index in [0.717, 1.165) is 23.3 Å². The number of carbonyl (C=O) groups excluding carboxylic acids is 9. The Hall–Kier alpha value is -8.14. The molecule has 22 heteroatoms. The molecule has 0 spiro atoms. The number of aryl methyl sites for hydroxylation is 1. The third-order valence-corrected chi connectivity index (χ3v) is 13.7. The van der Waals surface area contributed by atoms with Crippen molar-refractivity contribution in [2.75, 3.05) is 32.9 Å². The minimum Gasteiger partial charge on any atom is -0.460 e. The van der Waals surface area contributed by atoms with Crippen LogP contribution in [0.3, 0.4) is 0 Å². The Morgan fingerprint density at radius 1 is 0.875 bits per heavy atom. The summed E-state index contributed by atoms with van der Waals surface area (Å²) < 4.78 is 28.4. The highest BCUT2D eigenvalue weighted by Gasteiger charge is 2.52. The molecular formula is C50H50FN9O12. The van der Waals surface area contributed by atoms with Gasteiger partial charge in [0.15, 0.2) is 0 Å². The van der Waals surface area contributed by atoms with E-state index in [4.69, 9.17) is 14.5 Å². The molecular weight excluding hydrogens is 938 g/mol. The predicted octanol–water partition coefficient (Wildman–Crippen LogP) is 0.151. The molecule has 1 saturated carbocycles. The number of esters is 1. The van der Waals surface area contributed by atoms with Crippen molar-refractivity contribution in [3.8, 4) is 11.4 Å². The van der Waals surface area contributed by atoms with Gasteiger partial charge in [0.05, 0.1) is 60.6 Å². The van der Waals surface area contributed by atoms with Gasteiger partial charge in [0, 0.05) is 35.6 Å². The maximum atomic E-state index is 15.4. The fourth-order valence-electron chi connectivity index (χ4n) is 9.68. The highest BCUT2D eigenvalue weighted by atomic mass is 19.1. The number of benzene rings is 2. The van der Waals surface area contributed by atoms with Gasteiger partial charge in [-0.05, 0) is 72.9 Å². The maximum absolute atomic E-state index is 15.4. The number of ether oxygens (including phenoxy) is 2. The molecule has 8 amide bonds. The number of cyclic esters (lactones) is 1. The summed E-state index contributed by atoms with van der Waals surface area (Å²) in [6, 6.07) is 10.1. The van der Waals surface area contributed by atoms with Crippen LogP contribution in [0.15, 0.2) is 59.4 Å². The van der Waals surface area contributed by atoms with Crippen LogP contribution >= 0.6 is 0 Å². The Morgan fingerprint density at radius 2 is 1.57 bits per heavy atom. The first-order valence-corrected chi connectivity index (χ1v) is 23.5. The Labute approximate surface area is 409 Å². The van der Waals surface area contributed by atoms with Gasteiger partial charge >= 0.3 is 5.97 Å². The molecule has 0 saturated heterocycles. The number of carbonyl (C=O) groups is 9. The fourth-order valence-corrected chi connectivity index (χ4v) is 9.68. The number of amides is 8. The number of nitrogens with one attached hydrogen (secondary N) is 6. The summed E-state index contributed by atoms with van der Waals surface area (Å²) in [7, 11) is 0. The molecule has 5 heterocycles. The Balaban J connectivity index is 0.802. The van der Waals surface area contributed by atoms with Crippen molar-refractivity contribution >= 4 is 64.1 Å². The molecule has 0 bridgehead atoms. The minimum absolute atomic E-state index is 0.0226. The minimum atomic E-state index is -1.27. The van der Waals surface area contributed by atoms with E-state index in [1.807, 2.05) is 13.0 Å². The molecule has 1 fully saturated rings. The average molecular weight is 988 g/mol. The highest BCUT2D eigenvalue weighted by molar-refractivity contribution is 6.14. The quantitative estimate of drug-likeness (QED) is 0.0388. The SMILES string of the molecule is CC[C@H]1C(=O)OCc2c1cc1n(c2=O)Cc2c-1nc1cc(F)c(C)c3c1c2C(NC(=O)C1(OCNC(=O)CNC(=O)[C@H](Cc2ccccc2)NC(=O)CNC(=O)CNC(=O)CN2C(=O)C=CC2=O)CC1)CC3. The topological polar surface area (TPSA) is 282 Å². The second-order valence-corrected chi connectivity index (χ2v) is 18.3. The molecule has 72 heavy (non-hydrogen) atoms. The van der Waals surface area contributed by atoms with Crippen molar-refractivity contribution in [3.05, 3.63) is 110 Å². The monoisotopic (exact) mass is 987 g/mol. The van der Waals surface area contributed by atoms with Crippen LogP contribution in [0.1, 0.15) is 83.5 Å². The molecule has 5 aliphatic rings. The lowest BCUT2D eigenvalue weighted by molar-refractivity contribution is -0.148. The second kappa shape index (κ2) is 19.9. The Bertz CT molecular complexity index is 3080. The van der Waals surface area contributed by atoms with Crippen LogP contribution in [0.25, 0.3) is 22.3 Å². The van der Waals surface area contributed by atoms with Crippen molar-refractivity contribution in [1.82, 2.24) is 46.4 Å². The lowest BCUT2D eigenvalue weighted by Crippen LogP contribution is -2.52. The summed E-state index contributed by atoms with van der Waals surface area (Å²) in [5.41, 5.74) is 4.13. The van der Waals surface area contributed by atoms with Gasteiger partial charge in [-0.2, -0.15) is 0 Å². The number of pyridine rings is 2. The summed E-state index contributed by atoms with van der Waals surface area (Å²) in [6.07, 6.45) is 4.04. The van der Waals surface area contributed by atoms with Crippen LogP contribution in [0.5, 0.6) is 0 Å². The molecule has 21 nitrogen and oxygen atoms in total. The number of rotatable bonds is 18. The van der Waals surface area contributed by atoms with Crippen LogP contribution < -0.4 is 37.5 Å². The van der Waals surface area contributed by atoms with E-state index in [0.29, 0.717) is 87.1 Å². The molecule has 2 aliphatic carbocycles. The molecule has 4 aromatic rings. The van der Waals surface area contributed by atoms with Crippen molar-refractivity contribution in [2.45, 2.75) is 89.1 Å². The van der Waals surface area contributed by atoms with E-state index in [1.54, 1.807) is 41.8 Å². The van der Waals surface area contributed by atoms with E-state index >= 15 is 4.39 Å². The molecule has 374 valence electrons. The molecule has 3 atom stereocenters. The van der Waals surface area contributed by atoms with Crippen molar-refractivity contribution < 1.29 is 57.0 Å². The molecule has 0 radical (unpaired) electrons. The zero-order chi connectivity index (χ0) is 51.0. The first kappa shape index (κ1) is 48.9. The zero-order valence-electron chi connectivity index (χ0n) is 39.2. The number of halogens is 1. The summed E-state index contributed by atoms with van der Waals surface area (Å²) >= 11 is 0. The van der Waals surface area contributed by atoms with Gasteiger partial charge in [-0.3, -0.25) is 52.8 Å². The van der Waals surface area contributed by atoms with Crippen LogP contribution in [-0.4, -0.2) is 112 Å². The van der Waals surface area contributed by atoms with E-state index in [-0.39, 0.29) is 31.9 Å². The number of fused-ring (bicyclic) bond motifs is 5. The molecule has 3 aliphatic heterocycles. The number of imide groups is 1. The molecule has 1 unspecified atom stereocenters. The van der Waals surface area contributed by atoms with Crippen LogP contribution in [0.4, 0.5) is 4.39 Å². The smallest absolute Gasteiger partial charge is 0.313 e. The number of nitrogens with zero attached hydrogens (tertiary/aromatic N) is 3. The van der Waals surface area contributed by atoms with Crippen molar-refractivity contribution in [2.24, 2.45) is 0 Å². The van der Waals surface area contributed by atoms with Gasteiger partial charge < -0.3 is 45.9 Å². The van der Waals surface area contributed by atoms with Gasteiger partial charge in [-0.1, -0.05) is 37.3 Å². The maximum Gasteiger partial charge on any atom is 0.313 e. The van der Waals surface area contributed by atoms with Gasteiger partial charge in [-0.25, -0.2) is 9.37 Å². The molecule has 2 aromatic heterocycles. The van der Waals surface area contributed by atoms with Crippen LogP contribution in [0, 0.1) is 12.7 Å². The van der Waals surface area contributed by atoms with Gasteiger partial charge in [0.2, 0.25) is 29.5 Å². The lowest BCUT2D eigenvalue weighted by Gasteiger charge is -2.31. The van der Waals surface area contributed by atoms with Crippen LogP contribution in [-0.2, 0) is 78.6 Å². The summed E-state index contributed by atoms with van der Waals surface area (Å²) in [5, 5.41) is 16.0. The van der Waals surface area contributed by atoms with Crippen LogP contribution in [0.2, 0.25) is 0 Å². The average Bonchev–Trinajstić information content (AvgIpc) is 3.98. The summed E-state index contributed by atoms with van der Waals surface area (Å²) in [4.78, 5) is 134. The number of hydrogen-bond acceptors (Lipinski definition) is 13. The van der Waals surface area contributed by atoms with Gasteiger partial charge in [0.25, 0.3) is 23.3 Å². The predicted molar refractivity (Wildman–Crippen MR) is 250 cm³/mol. The molecule has 2 aromatic carbocycles. The standard InChI is InChI=1S/C50H50FN9O12/c1-3-27-29-16-36-45-30(21-59(36)47(68)31(29)23-71-48(27)69)44-33(10-9-28-25(2)32(51)17-34(57-45)43(28)44)58-49(70)50(13-14-50)72-24-55-38(62)19-54-46(67)35(15-26-7-5-4-6-8-26)56-39(63)20-52-37(61)18-53-40(64)22-60-41(65)11-12-42(60)66/h4-8,11-12,16-17,27,33,35H,3,9-10,13-15,18-24H2,1-2H3,(H,52,61)(H,53,64)(H,54,67)(H,55,62)(H,56,63)(H,58,70)/t27-,33?,35+/m1/s1. The summed E-state index contributed by atoms with van der Waals surface area (Å²) in [5.74, 6) is -6.88. The highest BCUT2D eigenvalue weighted by Crippen LogP contribution is 2.47. The van der Waals surface area contributed by atoms with E-state index in [1.165, 1.54) is 6.07 Å². The van der Waals surface area contributed by atoms with Crippen molar-refractivity contribution in [3.63, 3.8) is 0 Å². The fraction of sp³-hybridized carbons (Fsp3) is 0.380. The Morgan fingerprint density at radius 3 is 2.29 bits per heavy atom. The second-order valence-electron chi connectivity index (χ2n) is 18.3. The first-order chi connectivity index (χ1) is 34.5. The summed E-state index contributed by atoms with van der Waals surface area (Å²) in [6.45, 7) is 0.909. The van der Waals surface area contributed by atoms with Crippen molar-refractivity contribution in [1.29, 1.82) is 0 Å². The largest absolute Gasteiger partial charge is 0.460 e. The molecule has 9 rings (SSSR count). The van der Waals surface area contributed by atoms with E-state index in [2.05, 4.69) is 31.9 Å².